The van der Waals surface area contributed by atoms with Crippen molar-refractivity contribution in [2.45, 2.75) is 26.2 Å². The van der Waals surface area contributed by atoms with E-state index in [-0.39, 0.29) is 23.7 Å². The van der Waals surface area contributed by atoms with E-state index in [1.807, 2.05) is 11.8 Å². The third-order valence-corrected chi connectivity index (χ3v) is 5.01. The van der Waals surface area contributed by atoms with Crippen molar-refractivity contribution in [2.75, 3.05) is 25.5 Å². The highest BCUT2D eigenvalue weighted by atomic mass is 35.5. The van der Waals surface area contributed by atoms with Gasteiger partial charge in [-0.2, -0.15) is 0 Å². The molecule has 6 heteroatoms. The summed E-state index contributed by atoms with van der Waals surface area (Å²) in [6.45, 7) is 3.52. The van der Waals surface area contributed by atoms with Crippen molar-refractivity contribution in [1.82, 2.24) is 4.90 Å². The van der Waals surface area contributed by atoms with Crippen LogP contribution in [0.25, 0.3) is 0 Å². The van der Waals surface area contributed by atoms with Crippen LogP contribution in [0.5, 0.6) is 5.75 Å². The Morgan fingerprint density at radius 2 is 1.96 bits per heavy atom. The van der Waals surface area contributed by atoms with E-state index in [0.717, 1.165) is 31.5 Å². The molecule has 2 atom stereocenters. The SMILES string of the molecule is COc1cc(Cl)c(C)cc1NC(=O)C1CC1C(=O)N1CCCC1. The Labute approximate surface area is 140 Å². The van der Waals surface area contributed by atoms with Crippen LogP contribution in [0.1, 0.15) is 24.8 Å². The summed E-state index contributed by atoms with van der Waals surface area (Å²) in [7, 11) is 1.54. The molecule has 0 aromatic heterocycles. The Morgan fingerprint density at radius 3 is 2.61 bits per heavy atom. The molecule has 23 heavy (non-hydrogen) atoms. The zero-order valence-corrected chi connectivity index (χ0v) is 14.2. The number of methoxy groups -OCH3 is 1. The molecule has 0 spiro atoms. The van der Waals surface area contributed by atoms with Crippen LogP contribution in [-0.4, -0.2) is 36.9 Å². The summed E-state index contributed by atoms with van der Waals surface area (Å²) in [5, 5.41) is 3.46. The molecule has 0 radical (unpaired) electrons. The van der Waals surface area contributed by atoms with Crippen LogP contribution in [0.4, 0.5) is 5.69 Å². The zero-order chi connectivity index (χ0) is 16.6. The van der Waals surface area contributed by atoms with Crippen molar-refractivity contribution in [3.63, 3.8) is 0 Å². The lowest BCUT2D eigenvalue weighted by Gasteiger charge is -2.15. The summed E-state index contributed by atoms with van der Waals surface area (Å²) in [6.07, 6.45) is 2.77. The van der Waals surface area contributed by atoms with Gasteiger partial charge in [0, 0.05) is 24.2 Å². The summed E-state index contributed by atoms with van der Waals surface area (Å²) in [4.78, 5) is 26.6. The zero-order valence-electron chi connectivity index (χ0n) is 13.4. The van der Waals surface area contributed by atoms with Crippen LogP contribution < -0.4 is 10.1 Å². The standard InChI is InChI=1S/C17H21ClN2O3/c1-10-7-14(15(23-2)9-13(10)18)19-16(21)11-8-12(11)17(22)20-5-3-4-6-20/h7,9,11-12H,3-6,8H2,1-2H3,(H,19,21). The maximum atomic E-state index is 12.4. The average molecular weight is 337 g/mol. The lowest BCUT2D eigenvalue weighted by Crippen LogP contribution is -2.30. The first kappa shape index (κ1) is 16.1. The van der Waals surface area contributed by atoms with Crippen LogP contribution in [0.2, 0.25) is 5.02 Å². The van der Waals surface area contributed by atoms with Gasteiger partial charge in [-0.05, 0) is 37.8 Å². The summed E-state index contributed by atoms with van der Waals surface area (Å²) < 4.78 is 5.26. The maximum absolute atomic E-state index is 12.4. The average Bonchev–Trinajstić information content (AvgIpc) is 3.15. The molecule has 1 aliphatic carbocycles. The first-order chi connectivity index (χ1) is 11.0. The number of nitrogens with one attached hydrogen (secondary N) is 1. The summed E-state index contributed by atoms with van der Waals surface area (Å²) >= 11 is 6.07. The Bertz CT molecular complexity index is 641. The number of carbonyl (C=O) groups excluding carboxylic acids is 2. The second-order valence-corrected chi connectivity index (χ2v) is 6.68. The fourth-order valence-electron chi connectivity index (χ4n) is 3.08. The second kappa shape index (κ2) is 6.40. The lowest BCUT2D eigenvalue weighted by molar-refractivity contribution is -0.133. The van der Waals surface area contributed by atoms with Crippen molar-refractivity contribution >= 4 is 29.1 Å². The number of aryl methyl sites for hydroxylation is 1. The van der Waals surface area contributed by atoms with E-state index < -0.39 is 0 Å². The van der Waals surface area contributed by atoms with Crippen LogP contribution in [-0.2, 0) is 9.59 Å². The van der Waals surface area contributed by atoms with Crippen LogP contribution >= 0.6 is 11.6 Å². The predicted octanol–water partition coefficient (Wildman–Crippen LogP) is 2.85. The number of ether oxygens (including phenoxy) is 1. The number of carbonyl (C=O) groups is 2. The molecule has 3 rings (SSSR count). The van der Waals surface area contributed by atoms with Crippen LogP contribution in [0.15, 0.2) is 12.1 Å². The van der Waals surface area contributed by atoms with Gasteiger partial charge in [-0.1, -0.05) is 11.6 Å². The first-order valence-electron chi connectivity index (χ1n) is 7.95. The fourth-order valence-corrected chi connectivity index (χ4v) is 3.24. The van der Waals surface area contributed by atoms with E-state index in [9.17, 15) is 9.59 Å². The molecule has 1 saturated carbocycles. The van der Waals surface area contributed by atoms with Crippen molar-refractivity contribution in [3.05, 3.63) is 22.7 Å². The minimum absolute atomic E-state index is 0.123. The molecule has 1 aromatic rings. The highest BCUT2D eigenvalue weighted by Gasteiger charge is 2.49. The van der Waals surface area contributed by atoms with Crippen LogP contribution in [0.3, 0.4) is 0 Å². The number of halogens is 1. The van der Waals surface area contributed by atoms with E-state index in [1.54, 1.807) is 12.1 Å². The Kier molecular flexibility index (Phi) is 4.48. The number of benzene rings is 1. The quantitative estimate of drug-likeness (QED) is 0.919. The Balaban J connectivity index is 1.64. The largest absolute Gasteiger partial charge is 0.495 e. The van der Waals surface area contributed by atoms with Crippen molar-refractivity contribution in [2.24, 2.45) is 11.8 Å². The normalized spacial score (nSPS) is 22.8. The smallest absolute Gasteiger partial charge is 0.228 e. The molecule has 1 saturated heterocycles. The molecule has 5 nitrogen and oxygen atoms in total. The van der Waals surface area contributed by atoms with Crippen molar-refractivity contribution in [3.8, 4) is 5.75 Å². The third-order valence-electron chi connectivity index (χ3n) is 4.60. The van der Waals surface area contributed by atoms with E-state index in [4.69, 9.17) is 16.3 Å². The Hall–Kier alpha value is -1.75. The van der Waals surface area contributed by atoms with Gasteiger partial charge in [-0.25, -0.2) is 0 Å². The van der Waals surface area contributed by atoms with Gasteiger partial charge < -0.3 is 15.0 Å². The Morgan fingerprint density at radius 1 is 1.26 bits per heavy atom. The molecule has 0 bridgehead atoms. The molecule has 124 valence electrons. The number of amides is 2. The molecule has 2 unspecified atom stereocenters. The summed E-state index contributed by atoms with van der Waals surface area (Å²) in [5.41, 5.74) is 1.46. The number of likely N-dealkylation sites (tertiary alicyclic amines) is 1. The van der Waals surface area contributed by atoms with Gasteiger partial charge in [-0.15, -0.1) is 0 Å². The molecule has 2 fully saturated rings. The molecule has 1 aliphatic heterocycles. The highest BCUT2D eigenvalue weighted by molar-refractivity contribution is 6.31. The molecular weight excluding hydrogens is 316 g/mol. The topological polar surface area (TPSA) is 58.6 Å². The second-order valence-electron chi connectivity index (χ2n) is 6.27. The van der Waals surface area contributed by atoms with Crippen molar-refractivity contribution in [1.29, 1.82) is 0 Å². The van der Waals surface area contributed by atoms with Gasteiger partial charge in [0.05, 0.1) is 24.6 Å². The lowest BCUT2D eigenvalue weighted by atomic mass is 10.2. The van der Waals surface area contributed by atoms with Gasteiger partial charge in [-0.3, -0.25) is 9.59 Å². The number of hydrogen-bond acceptors (Lipinski definition) is 3. The number of hydrogen-bond donors (Lipinski definition) is 1. The number of nitrogens with zero attached hydrogens (tertiary/aromatic N) is 1. The van der Waals surface area contributed by atoms with E-state index >= 15 is 0 Å². The fraction of sp³-hybridized carbons (Fsp3) is 0.529. The van der Waals surface area contributed by atoms with Gasteiger partial charge in [0.15, 0.2) is 0 Å². The minimum Gasteiger partial charge on any atom is -0.495 e. The molecular formula is C17H21ClN2O3. The summed E-state index contributed by atoms with van der Waals surface area (Å²) in [5.74, 6) is 0.137. The molecule has 1 aromatic carbocycles. The number of rotatable bonds is 4. The molecule has 1 heterocycles. The van der Waals surface area contributed by atoms with Gasteiger partial charge in [0.25, 0.3) is 0 Å². The van der Waals surface area contributed by atoms with Crippen LogP contribution in [0, 0.1) is 18.8 Å². The van der Waals surface area contributed by atoms with Gasteiger partial charge in [0.1, 0.15) is 5.75 Å². The third kappa shape index (κ3) is 3.29. The van der Waals surface area contributed by atoms with E-state index in [0.29, 0.717) is 22.9 Å². The van der Waals surface area contributed by atoms with Crippen molar-refractivity contribution < 1.29 is 14.3 Å². The molecule has 1 N–H and O–H groups in total. The number of anilines is 1. The monoisotopic (exact) mass is 336 g/mol. The van der Waals surface area contributed by atoms with E-state index in [1.165, 1.54) is 7.11 Å². The van der Waals surface area contributed by atoms with Gasteiger partial charge in [0.2, 0.25) is 11.8 Å². The van der Waals surface area contributed by atoms with Gasteiger partial charge >= 0.3 is 0 Å². The summed E-state index contributed by atoms with van der Waals surface area (Å²) in [6, 6.07) is 3.48. The molecule has 2 amide bonds. The first-order valence-corrected chi connectivity index (χ1v) is 8.33. The predicted molar refractivity (Wildman–Crippen MR) is 88.8 cm³/mol. The van der Waals surface area contributed by atoms with E-state index in [2.05, 4.69) is 5.32 Å². The molecule has 2 aliphatic rings. The maximum Gasteiger partial charge on any atom is 0.228 e. The minimum atomic E-state index is -0.233. The highest BCUT2D eigenvalue weighted by Crippen LogP contribution is 2.42.